The molecule has 1 aromatic carbocycles. The van der Waals surface area contributed by atoms with Gasteiger partial charge in [0.15, 0.2) is 0 Å². The minimum Gasteiger partial charge on any atom is -0.398 e. The zero-order valence-electron chi connectivity index (χ0n) is 10.9. The summed E-state index contributed by atoms with van der Waals surface area (Å²) in [7, 11) is -3.53. The van der Waals surface area contributed by atoms with Crippen LogP contribution in [-0.4, -0.2) is 14.5 Å². The molecular formula is C13H19BrN2O2S. The van der Waals surface area contributed by atoms with Gasteiger partial charge < -0.3 is 5.73 Å². The first-order chi connectivity index (χ1) is 8.92. The van der Waals surface area contributed by atoms with E-state index in [1.807, 2.05) is 6.92 Å². The minimum absolute atomic E-state index is 0.000506. The van der Waals surface area contributed by atoms with Crippen molar-refractivity contribution < 1.29 is 8.42 Å². The SMILES string of the molecule is CCC(CC1CC1)NS(=O)(=O)c1ccc(Br)cc1N. The zero-order chi connectivity index (χ0) is 14.0. The van der Waals surface area contributed by atoms with Gasteiger partial charge in [-0.25, -0.2) is 13.1 Å². The molecule has 1 aliphatic rings. The zero-order valence-corrected chi connectivity index (χ0v) is 13.3. The Morgan fingerprint density at radius 3 is 2.68 bits per heavy atom. The highest BCUT2D eigenvalue weighted by Crippen LogP contribution is 2.34. The van der Waals surface area contributed by atoms with Gasteiger partial charge in [-0.3, -0.25) is 0 Å². The molecule has 19 heavy (non-hydrogen) atoms. The molecule has 1 aliphatic carbocycles. The summed E-state index contributed by atoms with van der Waals surface area (Å²) in [6.45, 7) is 2.00. The molecule has 0 saturated heterocycles. The van der Waals surface area contributed by atoms with Crippen LogP contribution in [0.25, 0.3) is 0 Å². The molecule has 4 nitrogen and oxygen atoms in total. The average Bonchev–Trinajstić information content (AvgIpc) is 3.11. The number of nitrogen functional groups attached to an aromatic ring is 1. The highest BCUT2D eigenvalue weighted by atomic mass is 79.9. The van der Waals surface area contributed by atoms with Crippen LogP contribution in [0.15, 0.2) is 27.6 Å². The molecule has 1 aromatic rings. The topological polar surface area (TPSA) is 72.2 Å². The first-order valence-electron chi connectivity index (χ1n) is 6.49. The summed E-state index contributed by atoms with van der Waals surface area (Å²) in [6, 6.07) is 4.83. The Morgan fingerprint density at radius 1 is 1.47 bits per heavy atom. The molecule has 6 heteroatoms. The largest absolute Gasteiger partial charge is 0.398 e. The number of halogens is 1. The van der Waals surface area contributed by atoms with E-state index in [0.29, 0.717) is 5.92 Å². The summed E-state index contributed by atoms with van der Waals surface area (Å²) in [5.74, 6) is 0.690. The van der Waals surface area contributed by atoms with Crippen molar-refractivity contribution in [3.8, 4) is 0 Å². The monoisotopic (exact) mass is 346 g/mol. The van der Waals surface area contributed by atoms with Gasteiger partial charge >= 0.3 is 0 Å². The van der Waals surface area contributed by atoms with Crippen LogP contribution in [0.3, 0.4) is 0 Å². The molecule has 0 aromatic heterocycles. The quantitative estimate of drug-likeness (QED) is 0.778. The number of nitrogens with two attached hydrogens (primary N) is 1. The molecule has 3 N–H and O–H groups in total. The molecular weight excluding hydrogens is 328 g/mol. The second-order valence-corrected chi connectivity index (χ2v) is 7.69. The fourth-order valence-electron chi connectivity index (χ4n) is 2.10. The van der Waals surface area contributed by atoms with Gasteiger partial charge in [0.2, 0.25) is 10.0 Å². The lowest BCUT2D eigenvalue weighted by atomic mass is 10.1. The maximum atomic E-state index is 12.3. The van der Waals surface area contributed by atoms with Gasteiger partial charge in [0.25, 0.3) is 0 Å². The summed E-state index contributed by atoms with van der Waals surface area (Å²) in [4.78, 5) is 0.157. The van der Waals surface area contributed by atoms with Crippen LogP contribution in [0.2, 0.25) is 0 Å². The fraction of sp³-hybridized carbons (Fsp3) is 0.538. The third-order valence-electron chi connectivity index (χ3n) is 3.39. The van der Waals surface area contributed by atoms with Gasteiger partial charge in [0.1, 0.15) is 4.90 Å². The Kier molecular flexibility index (Phi) is 4.53. The maximum absolute atomic E-state index is 12.3. The molecule has 1 saturated carbocycles. The first-order valence-corrected chi connectivity index (χ1v) is 8.77. The molecule has 0 spiro atoms. The maximum Gasteiger partial charge on any atom is 0.242 e. The summed E-state index contributed by atoms with van der Waals surface area (Å²) < 4.78 is 28.2. The van der Waals surface area contributed by atoms with Gasteiger partial charge in [0.05, 0.1) is 5.69 Å². The van der Waals surface area contributed by atoms with Gasteiger partial charge in [-0.2, -0.15) is 0 Å². The lowest BCUT2D eigenvalue weighted by Crippen LogP contribution is -2.35. The van der Waals surface area contributed by atoms with Crippen molar-refractivity contribution in [1.82, 2.24) is 4.72 Å². The Balaban J connectivity index is 2.15. The Bertz CT molecular complexity index is 556. The second-order valence-electron chi connectivity index (χ2n) is 5.09. The van der Waals surface area contributed by atoms with E-state index in [9.17, 15) is 8.42 Å². The molecule has 0 amide bonds. The lowest BCUT2D eigenvalue weighted by Gasteiger charge is -2.17. The molecule has 1 atom stereocenters. The van der Waals surface area contributed by atoms with E-state index in [4.69, 9.17) is 5.73 Å². The number of hydrogen-bond donors (Lipinski definition) is 2. The Morgan fingerprint density at radius 2 is 2.16 bits per heavy atom. The second kappa shape index (κ2) is 5.81. The highest BCUT2D eigenvalue weighted by molar-refractivity contribution is 9.10. The van der Waals surface area contributed by atoms with Crippen LogP contribution < -0.4 is 10.5 Å². The number of sulfonamides is 1. The smallest absolute Gasteiger partial charge is 0.242 e. The first kappa shape index (κ1) is 14.8. The number of rotatable bonds is 6. The Hall–Kier alpha value is -0.590. The third-order valence-corrected chi connectivity index (χ3v) is 5.48. The van der Waals surface area contributed by atoms with E-state index in [-0.39, 0.29) is 16.6 Å². The van der Waals surface area contributed by atoms with Crippen molar-refractivity contribution in [1.29, 1.82) is 0 Å². The fourth-order valence-corrected chi connectivity index (χ4v) is 3.92. The van der Waals surface area contributed by atoms with Crippen LogP contribution in [-0.2, 0) is 10.0 Å². The lowest BCUT2D eigenvalue weighted by molar-refractivity contribution is 0.495. The molecule has 106 valence electrons. The summed E-state index contributed by atoms with van der Waals surface area (Å²) in [6.07, 6.45) is 4.16. The van der Waals surface area contributed by atoms with Crippen molar-refractivity contribution in [3.05, 3.63) is 22.7 Å². The van der Waals surface area contributed by atoms with Crippen molar-refractivity contribution >= 4 is 31.6 Å². The number of nitrogens with one attached hydrogen (secondary N) is 1. The van der Waals surface area contributed by atoms with E-state index in [1.165, 1.54) is 18.9 Å². The van der Waals surface area contributed by atoms with E-state index in [1.54, 1.807) is 12.1 Å². The predicted molar refractivity (Wildman–Crippen MR) is 80.3 cm³/mol. The van der Waals surface area contributed by atoms with Crippen molar-refractivity contribution in [2.75, 3.05) is 5.73 Å². The van der Waals surface area contributed by atoms with Crippen LogP contribution in [0, 0.1) is 5.92 Å². The van der Waals surface area contributed by atoms with Gasteiger partial charge in [-0.15, -0.1) is 0 Å². The summed E-state index contributed by atoms with van der Waals surface area (Å²) >= 11 is 3.27. The standard InChI is InChI=1S/C13H19BrN2O2S/c1-2-11(7-9-3-4-9)16-19(17,18)13-6-5-10(14)8-12(13)15/h5-6,8-9,11,16H,2-4,7,15H2,1H3. The van der Waals surface area contributed by atoms with Crippen molar-refractivity contribution in [2.24, 2.45) is 5.92 Å². The van der Waals surface area contributed by atoms with Gasteiger partial charge in [-0.1, -0.05) is 35.7 Å². The molecule has 0 aliphatic heterocycles. The van der Waals surface area contributed by atoms with Crippen LogP contribution in [0.1, 0.15) is 32.6 Å². The van der Waals surface area contributed by atoms with Crippen LogP contribution in [0.4, 0.5) is 5.69 Å². The molecule has 1 unspecified atom stereocenters. The number of anilines is 1. The number of benzene rings is 1. The van der Waals surface area contributed by atoms with Crippen molar-refractivity contribution in [2.45, 2.75) is 43.5 Å². The average molecular weight is 347 g/mol. The highest BCUT2D eigenvalue weighted by Gasteiger charge is 2.28. The van der Waals surface area contributed by atoms with Gasteiger partial charge in [-0.05, 0) is 37.0 Å². The number of hydrogen-bond acceptors (Lipinski definition) is 3. The predicted octanol–water partition coefficient (Wildman–Crippen LogP) is 2.89. The van der Waals surface area contributed by atoms with Crippen LogP contribution >= 0.6 is 15.9 Å². The van der Waals surface area contributed by atoms with E-state index in [0.717, 1.165) is 17.3 Å². The minimum atomic E-state index is -3.53. The Labute approximate surface area is 122 Å². The summed E-state index contributed by atoms with van der Waals surface area (Å²) in [5.41, 5.74) is 6.06. The van der Waals surface area contributed by atoms with E-state index < -0.39 is 10.0 Å². The normalized spacial score (nSPS) is 17.4. The molecule has 2 rings (SSSR count). The molecule has 1 fully saturated rings. The van der Waals surface area contributed by atoms with Gasteiger partial charge in [0, 0.05) is 10.5 Å². The third kappa shape index (κ3) is 3.94. The summed E-state index contributed by atoms with van der Waals surface area (Å²) in [5, 5.41) is 0. The molecule has 0 heterocycles. The van der Waals surface area contributed by atoms with E-state index >= 15 is 0 Å². The van der Waals surface area contributed by atoms with Crippen molar-refractivity contribution in [3.63, 3.8) is 0 Å². The van der Waals surface area contributed by atoms with Crippen LogP contribution in [0.5, 0.6) is 0 Å². The van der Waals surface area contributed by atoms with E-state index in [2.05, 4.69) is 20.7 Å². The molecule has 0 radical (unpaired) electrons. The molecule has 0 bridgehead atoms.